The summed E-state index contributed by atoms with van der Waals surface area (Å²) in [6.07, 6.45) is -15.0. The van der Waals surface area contributed by atoms with Crippen molar-refractivity contribution in [2.24, 2.45) is 46.3 Å². The zero-order chi connectivity index (χ0) is 47.1. The fraction of sp³-hybridized carbons (Fsp3) is 0.957. The SMILES string of the molecule is CO[C@]1(CC[C@@H](C)CO[C@@H]2O[C@H](CO)[C@@H](O)[C@H](O)[C@H]2O)O[C@H]2C[C@@H]3[C@H]4CC=C5C[C@@H](O)C[C@@H](O[C@@H]6O[C@H](CO)[C@H](O)[C@H](O)[C@H]6O[C@@H]6O[C@@H](C)[C@H](O)[C@@H](O)[C@H]6O)[C@]5(C)[C@H]4CC[C@]3(C)[C@H]2[C@@H]1C. The van der Waals surface area contributed by atoms with Gasteiger partial charge < -0.3 is 94.1 Å². The smallest absolute Gasteiger partial charge is 0.187 e. The van der Waals surface area contributed by atoms with Gasteiger partial charge in [0.1, 0.15) is 67.1 Å². The number of hydrogen-bond acceptors (Lipinski definition) is 19. The Morgan fingerprint density at radius 3 is 2.08 bits per heavy atom. The molecule has 19 heteroatoms. The van der Waals surface area contributed by atoms with Crippen LogP contribution in [-0.4, -0.2) is 199 Å². The third-order valence-electron chi connectivity index (χ3n) is 17.8. The molecule has 0 amide bonds. The summed E-state index contributed by atoms with van der Waals surface area (Å²) in [4.78, 5) is 0. The van der Waals surface area contributed by atoms with Crippen LogP contribution in [0, 0.1) is 46.3 Å². The summed E-state index contributed by atoms with van der Waals surface area (Å²) >= 11 is 0. The van der Waals surface area contributed by atoms with Crippen LogP contribution in [0.2, 0.25) is 0 Å². The third kappa shape index (κ3) is 8.60. The van der Waals surface area contributed by atoms with Crippen LogP contribution in [0.25, 0.3) is 0 Å². The number of aliphatic hydroxyl groups is 11. The van der Waals surface area contributed by atoms with Crippen LogP contribution in [0.3, 0.4) is 0 Å². The normalized spacial score (nSPS) is 54.8. The number of methoxy groups -OCH3 is 1. The molecule has 0 spiro atoms. The highest BCUT2D eigenvalue weighted by molar-refractivity contribution is 5.29. The van der Waals surface area contributed by atoms with Crippen molar-refractivity contribution in [3.05, 3.63) is 11.6 Å². The van der Waals surface area contributed by atoms with Gasteiger partial charge in [0, 0.05) is 31.3 Å². The van der Waals surface area contributed by atoms with Gasteiger partial charge >= 0.3 is 0 Å². The lowest BCUT2D eigenvalue weighted by molar-refractivity contribution is -0.374. The lowest BCUT2D eigenvalue weighted by Gasteiger charge is -2.60. The predicted molar refractivity (Wildman–Crippen MR) is 224 cm³/mol. The topological polar surface area (TPSA) is 296 Å². The van der Waals surface area contributed by atoms with E-state index < -0.39 is 129 Å². The molecule has 4 aliphatic heterocycles. The molecule has 8 aliphatic rings. The molecule has 7 fully saturated rings. The van der Waals surface area contributed by atoms with Crippen LogP contribution in [0.1, 0.15) is 86.0 Å². The van der Waals surface area contributed by atoms with E-state index in [1.807, 2.05) is 6.92 Å². The molecule has 374 valence electrons. The van der Waals surface area contributed by atoms with Crippen LogP contribution < -0.4 is 0 Å². The summed E-state index contributed by atoms with van der Waals surface area (Å²) < 4.78 is 49.5. The lowest BCUT2D eigenvalue weighted by atomic mass is 9.46. The van der Waals surface area contributed by atoms with Gasteiger partial charge in [-0.05, 0) is 80.5 Å². The van der Waals surface area contributed by atoms with E-state index in [-0.39, 0.29) is 54.1 Å². The standard InChI is InChI=1S/C46H76O19/c1-19(18-59-41-38(56)36(54)33(51)28(16-47)61-41)9-12-46(58-6)20(2)31-27(65-46)15-26-24-8-7-22-13-23(49)14-30(45(22,5)25(24)10-11-44(26,31)4)63-43-40(37(55)34(52)29(17-48)62-43)64-42-39(57)35(53)32(50)21(3)60-42/h7,19-21,23-43,47-57H,8-18H2,1-6H3/t19-,20+,21+,23-,24+,25+,26-,27+,28-,29-,30-,31+,32+,33-,34+,35-,36+,37+,38-,39-,40-,41-,42+,43+,44+,45+,46-/m1/s1. The maximum Gasteiger partial charge on any atom is 0.187 e. The molecule has 11 N–H and O–H groups in total. The summed E-state index contributed by atoms with van der Waals surface area (Å²) in [5, 5.41) is 116. The summed E-state index contributed by atoms with van der Waals surface area (Å²) in [6.45, 7) is 9.34. The highest BCUT2D eigenvalue weighted by atomic mass is 16.8. The number of rotatable bonds is 13. The highest BCUT2D eigenvalue weighted by Crippen LogP contribution is 2.70. The molecule has 0 unspecified atom stereocenters. The Labute approximate surface area is 380 Å². The quantitative estimate of drug-likeness (QED) is 0.0967. The molecule has 0 radical (unpaired) electrons. The molecule has 0 aromatic carbocycles. The van der Waals surface area contributed by atoms with E-state index in [1.165, 1.54) is 6.92 Å². The largest absolute Gasteiger partial charge is 0.394 e. The van der Waals surface area contributed by atoms with Gasteiger partial charge in [-0.3, -0.25) is 0 Å². The van der Waals surface area contributed by atoms with Crippen molar-refractivity contribution >= 4 is 0 Å². The molecular weight excluding hydrogens is 856 g/mol. The average molecular weight is 933 g/mol. The Morgan fingerprint density at radius 1 is 0.754 bits per heavy atom. The van der Waals surface area contributed by atoms with Crippen LogP contribution in [-0.2, 0) is 37.9 Å². The Hall–Kier alpha value is -1.02. The number of fused-ring (bicyclic) bond motifs is 7. The summed E-state index contributed by atoms with van der Waals surface area (Å²) in [5.74, 6) is 0.0981. The van der Waals surface area contributed by atoms with Gasteiger partial charge in [0.15, 0.2) is 24.7 Å². The van der Waals surface area contributed by atoms with Gasteiger partial charge in [0.05, 0.1) is 44.2 Å². The first-order valence-electron chi connectivity index (χ1n) is 23.9. The maximum absolute atomic E-state index is 11.4. The predicted octanol–water partition coefficient (Wildman–Crippen LogP) is -1.21. The second kappa shape index (κ2) is 19.3. The average Bonchev–Trinajstić information content (AvgIpc) is 3.74. The van der Waals surface area contributed by atoms with Crippen LogP contribution >= 0.6 is 0 Å². The molecule has 65 heavy (non-hydrogen) atoms. The second-order valence-corrected chi connectivity index (χ2v) is 21.3. The van der Waals surface area contributed by atoms with E-state index in [9.17, 15) is 56.2 Å². The Balaban J connectivity index is 0.963. The van der Waals surface area contributed by atoms with Crippen molar-refractivity contribution in [1.82, 2.24) is 0 Å². The monoisotopic (exact) mass is 932 g/mol. The van der Waals surface area contributed by atoms with E-state index in [0.717, 1.165) is 31.3 Å². The van der Waals surface area contributed by atoms with Crippen molar-refractivity contribution in [2.75, 3.05) is 26.9 Å². The van der Waals surface area contributed by atoms with Gasteiger partial charge in [-0.25, -0.2) is 0 Å². The molecule has 19 nitrogen and oxygen atoms in total. The molecule has 4 aliphatic carbocycles. The third-order valence-corrected chi connectivity index (χ3v) is 17.8. The van der Waals surface area contributed by atoms with E-state index in [4.69, 9.17) is 37.9 Å². The number of allylic oxidation sites excluding steroid dienone is 1. The lowest BCUT2D eigenvalue weighted by Crippen LogP contribution is -2.65. The molecule has 4 saturated heterocycles. The number of aliphatic hydroxyl groups excluding tert-OH is 11. The van der Waals surface area contributed by atoms with Gasteiger partial charge in [0.25, 0.3) is 0 Å². The van der Waals surface area contributed by atoms with Crippen molar-refractivity contribution in [3.8, 4) is 0 Å². The Morgan fingerprint density at radius 2 is 1.40 bits per heavy atom. The first kappa shape index (κ1) is 50.4. The van der Waals surface area contributed by atoms with Crippen LogP contribution in [0.15, 0.2) is 11.6 Å². The molecule has 0 aromatic heterocycles. The minimum Gasteiger partial charge on any atom is -0.394 e. The van der Waals surface area contributed by atoms with E-state index in [1.54, 1.807) is 7.11 Å². The molecule has 0 aromatic rings. The van der Waals surface area contributed by atoms with Crippen molar-refractivity contribution in [2.45, 2.75) is 202 Å². The summed E-state index contributed by atoms with van der Waals surface area (Å²) in [6, 6.07) is 0. The number of hydrogen-bond donors (Lipinski definition) is 11. The molecule has 3 saturated carbocycles. The molecule has 0 bridgehead atoms. The minimum absolute atomic E-state index is 0.0148. The Bertz CT molecular complexity index is 1660. The highest BCUT2D eigenvalue weighted by Gasteiger charge is 2.69. The fourth-order valence-corrected chi connectivity index (χ4v) is 13.9. The van der Waals surface area contributed by atoms with E-state index in [2.05, 4.69) is 26.8 Å². The summed E-state index contributed by atoms with van der Waals surface area (Å²) in [7, 11) is 1.70. The fourth-order valence-electron chi connectivity index (χ4n) is 13.9. The zero-order valence-corrected chi connectivity index (χ0v) is 38.4. The van der Waals surface area contributed by atoms with Gasteiger partial charge in [-0.2, -0.15) is 0 Å². The van der Waals surface area contributed by atoms with Crippen molar-refractivity contribution < 1.29 is 94.1 Å². The molecule has 27 atom stereocenters. The van der Waals surface area contributed by atoms with Crippen molar-refractivity contribution in [3.63, 3.8) is 0 Å². The maximum atomic E-state index is 11.4. The van der Waals surface area contributed by atoms with Crippen LogP contribution in [0.5, 0.6) is 0 Å². The van der Waals surface area contributed by atoms with Gasteiger partial charge in [-0.15, -0.1) is 0 Å². The molecule has 4 heterocycles. The van der Waals surface area contributed by atoms with Crippen LogP contribution in [0.4, 0.5) is 0 Å². The first-order valence-corrected chi connectivity index (χ1v) is 23.9. The second-order valence-electron chi connectivity index (χ2n) is 21.3. The first-order chi connectivity index (χ1) is 30.7. The Kier molecular flexibility index (Phi) is 15.0. The summed E-state index contributed by atoms with van der Waals surface area (Å²) in [5.41, 5.74) is 0.421. The van der Waals surface area contributed by atoms with E-state index in [0.29, 0.717) is 25.2 Å². The number of ether oxygens (including phenoxy) is 8. The van der Waals surface area contributed by atoms with E-state index >= 15 is 0 Å². The molecular formula is C46H76O19. The van der Waals surface area contributed by atoms with Crippen molar-refractivity contribution in [1.29, 1.82) is 0 Å². The van der Waals surface area contributed by atoms with Gasteiger partial charge in [0.2, 0.25) is 0 Å². The molecule has 8 rings (SSSR count). The zero-order valence-electron chi connectivity index (χ0n) is 38.4. The van der Waals surface area contributed by atoms with Gasteiger partial charge in [-0.1, -0.05) is 39.3 Å². The minimum atomic E-state index is -1.70.